The van der Waals surface area contributed by atoms with Crippen molar-refractivity contribution >= 4 is 35.1 Å². The number of anilines is 1. The number of aliphatic imine (C=N–C) groups is 1. The SMILES string of the molecule is CCCCC(C(=O)OC)N(C(=O)CCCOc1ccc2c(c1)CN1CC(=O)NC1=N2)c1ccccc1. The zero-order valence-electron chi connectivity index (χ0n) is 20.7. The van der Waals surface area contributed by atoms with Crippen LogP contribution in [-0.4, -0.2) is 54.9 Å². The summed E-state index contributed by atoms with van der Waals surface area (Å²) < 4.78 is 11.0. The second-order valence-corrected chi connectivity index (χ2v) is 8.86. The van der Waals surface area contributed by atoms with E-state index >= 15 is 0 Å². The number of carbonyl (C=O) groups excluding carboxylic acids is 3. The molecule has 2 aliphatic heterocycles. The van der Waals surface area contributed by atoms with Crippen LogP contribution in [0, 0.1) is 0 Å². The number of para-hydroxylation sites is 1. The Kier molecular flexibility index (Phi) is 8.20. The topological polar surface area (TPSA) is 101 Å². The van der Waals surface area contributed by atoms with Crippen molar-refractivity contribution in [2.45, 2.75) is 51.6 Å². The third-order valence-electron chi connectivity index (χ3n) is 6.25. The minimum atomic E-state index is -0.663. The van der Waals surface area contributed by atoms with E-state index < -0.39 is 12.0 Å². The summed E-state index contributed by atoms with van der Waals surface area (Å²) in [5.74, 6) is 0.665. The third kappa shape index (κ3) is 5.84. The average molecular weight is 493 g/mol. The van der Waals surface area contributed by atoms with Crippen LogP contribution in [0.3, 0.4) is 0 Å². The normalized spacial score (nSPS) is 14.8. The number of nitrogens with one attached hydrogen (secondary N) is 1. The maximum atomic E-state index is 13.3. The molecule has 0 radical (unpaired) electrons. The van der Waals surface area contributed by atoms with Gasteiger partial charge >= 0.3 is 5.97 Å². The summed E-state index contributed by atoms with van der Waals surface area (Å²) in [6.07, 6.45) is 2.99. The largest absolute Gasteiger partial charge is 0.494 e. The summed E-state index contributed by atoms with van der Waals surface area (Å²) in [6, 6.07) is 14.2. The van der Waals surface area contributed by atoms with Gasteiger partial charge in [0.25, 0.3) is 0 Å². The maximum absolute atomic E-state index is 13.3. The van der Waals surface area contributed by atoms with Gasteiger partial charge in [0.1, 0.15) is 18.3 Å². The molecule has 0 aliphatic carbocycles. The smallest absolute Gasteiger partial charge is 0.328 e. The molecule has 0 saturated carbocycles. The van der Waals surface area contributed by atoms with Gasteiger partial charge in [0.05, 0.1) is 19.4 Å². The second kappa shape index (κ2) is 11.7. The summed E-state index contributed by atoms with van der Waals surface area (Å²) in [5.41, 5.74) is 2.47. The standard InChI is InChI=1S/C27H32N4O5/c1-3-4-11-23(26(34)35-2)31(20-9-6-5-7-10-20)25(33)12-8-15-36-21-13-14-22-19(16-21)17-30-18-24(32)29-27(30)28-22/h5-7,9-10,13-14,16,23H,3-4,8,11-12,15,17-18H2,1-2H3,(H,28,29,32). The van der Waals surface area contributed by atoms with Gasteiger partial charge in [-0.2, -0.15) is 0 Å². The predicted molar refractivity (Wildman–Crippen MR) is 136 cm³/mol. The van der Waals surface area contributed by atoms with Crippen LogP contribution in [-0.2, 0) is 25.7 Å². The van der Waals surface area contributed by atoms with Crippen LogP contribution in [0.4, 0.5) is 11.4 Å². The summed E-state index contributed by atoms with van der Waals surface area (Å²) in [6.45, 7) is 3.28. The van der Waals surface area contributed by atoms with E-state index in [9.17, 15) is 14.4 Å². The zero-order valence-corrected chi connectivity index (χ0v) is 20.7. The lowest BCUT2D eigenvalue weighted by atomic mass is 10.1. The fourth-order valence-electron chi connectivity index (χ4n) is 4.43. The number of fused-ring (bicyclic) bond motifs is 2. The van der Waals surface area contributed by atoms with Gasteiger partial charge in [0, 0.05) is 24.2 Å². The third-order valence-corrected chi connectivity index (χ3v) is 6.25. The number of esters is 1. The monoisotopic (exact) mass is 492 g/mol. The summed E-state index contributed by atoms with van der Waals surface area (Å²) in [7, 11) is 1.35. The maximum Gasteiger partial charge on any atom is 0.328 e. The highest BCUT2D eigenvalue weighted by molar-refractivity contribution is 6.05. The van der Waals surface area contributed by atoms with E-state index in [1.54, 1.807) is 4.90 Å². The lowest BCUT2D eigenvalue weighted by Gasteiger charge is -2.30. The average Bonchev–Trinajstić information content (AvgIpc) is 3.26. The first-order chi connectivity index (χ1) is 17.5. The van der Waals surface area contributed by atoms with Crippen molar-refractivity contribution in [3.63, 3.8) is 0 Å². The molecule has 36 heavy (non-hydrogen) atoms. The fraction of sp³-hybridized carbons (Fsp3) is 0.407. The van der Waals surface area contributed by atoms with E-state index in [4.69, 9.17) is 9.47 Å². The molecule has 1 fully saturated rings. The number of amides is 2. The number of guanidine groups is 1. The molecule has 2 amide bonds. The molecule has 1 saturated heterocycles. The van der Waals surface area contributed by atoms with E-state index in [-0.39, 0.29) is 18.2 Å². The van der Waals surface area contributed by atoms with Crippen LogP contribution in [0.2, 0.25) is 0 Å². The molecular weight excluding hydrogens is 460 g/mol. The van der Waals surface area contributed by atoms with Crippen molar-refractivity contribution in [1.82, 2.24) is 10.2 Å². The first-order valence-corrected chi connectivity index (χ1v) is 12.3. The predicted octanol–water partition coefficient (Wildman–Crippen LogP) is 3.54. The van der Waals surface area contributed by atoms with E-state index in [1.807, 2.05) is 60.4 Å². The molecule has 9 nitrogen and oxygen atoms in total. The van der Waals surface area contributed by atoms with Gasteiger partial charge in [-0.25, -0.2) is 9.79 Å². The number of nitrogens with zero attached hydrogens (tertiary/aromatic N) is 3. The summed E-state index contributed by atoms with van der Waals surface area (Å²) in [5, 5.41) is 2.76. The fourth-order valence-corrected chi connectivity index (χ4v) is 4.43. The van der Waals surface area contributed by atoms with Gasteiger partial charge in [0.15, 0.2) is 0 Å². The molecule has 190 valence electrons. The highest BCUT2D eigenvalue weighted by Crippen LogP contribution is 2.30. The van der Waals surface area contributed by atoms with Crippen LogP contribution in [0.15, 0.2) is 53.5 Å². The molecular formula is C27H32N4O5. The van der Waals surface area contributed by atoms with Crippen LogP contribution < -0.4 is 15.0 Å². The zero-order chi connectivity index (χ0) is 25.5. The molecule has 1 N–H and O–H groups in total. The van der Waals surface area contributed by atoms with Crippen LogP contribution in [0.1, 0.15) is 44.6 Å². The van der Waals surface area contributed by atoms with Gasteiger partial charge in [-0.3, -0.25) is 19.8 Å². The van der Waals surface area contributed by atoms with Crippen molar-refractivity contribution in [2.75, 3.05) is 25.2 Å². The molecule has 2 aliphatic rings. The van der Waals surface area contributed by atoms with Gasteiger partial charge in [-0.05, 0) is 43.2 Å². The van der Waals surface area contributed by atoms with Crippen molar-refractivity contribution < 1.29 is 23.9 Å². The number of methoxy groups -OCH3 is 1. The Hall–Kier alpha value is -3.88. The molecule has 1 unspecified atom stereocenters. The Bertz CT molecular complexity index is 1130. The number of rotatable bonds is 11. The Morgan fingerprint density at radius 2 is 1.94 bits per heavy atom. The van der Waals surface area contributed by atoms with Crippen molar-refractivity contribution in [2.24, 2.45) is 4.99 Å². The molecule has 4 rings (SSSR count). The van der Waals surface area contributed by atoms with Crippen molar-refractivity contribution in [3.8, 4) is 5.75 Å². The Labute approximate surface area is 211 Å². The molecule has 9 heteroatoms. The second-order valence-electron chi connectivity index (χ2n) is 8.86. The highest BCUT2D eigenvalue weighted by atomic mass is 16.5. The van der Waals surface area contributed by atoms with E-state index in [1.165, 1.54) is 7.11 Å². The molecule has 2 aromatic carbocycles. The summed E-state index contributed by atoms with van der Waals surface area (Å²) >= 11 is 0. The quantitative estimate of drug-likeness (QED) is 0.380. The lowest BCUT2D eigenvalue weighted by Crippen LogP contribution is -2.46. The van der Waals surface area contributed by atoms with Gasteiger partial charge in [-0.15, -0.1) is 0 Å². The van der Waals surface area contributed by atoms with Gasteiger partial charge < -0.3 is 14.4 Å². The molecule has 0 bridgehead atoms. The first-order valence-electron chi connectivity index (χ1n) is 12.3. The van der Waals surface area contributed by atoms with Gasteiger partial charge in [-0.1, -0.05) is 38.0 Å². The molecule has 2 heterocycles. The highest BCUT2D eigenvalue weighted by Gasteiger charge is 2.31. The van der Waals surface area contributed by atoms with Crippen LogP contribution in [0.5, 0.6) is 5.75 Å². The minimum absolute atomic E-state index is 0.0589. The van der Waals surface area contributed by atoms with Crippen molar-refractivity contribution in [1.29, 1.82) is 0 Å². The minimum Gasteiger partial charge on any atom is -0.494 e. The number of benzene rings is 2. The molecule has 0 spiro atoms. The first kappa shape index (κ1) is 25.2. The lowest BCUT2D eigenvalue weighted by molar-refractivity contribution is -0.143. The van der Waals surface area contributed by atoms with E-state index in [2.05, 4.69) is 10.3 Å². The number of ether oxygens (including phenoxy) is 2. The Morgan fingerprint density at radius 1 is 1.14 bits per heavy atom. The van der Waals surface area contributed by atoms with Crippen molar-refractivity contribution in [3.05, 3.63) is 54.1 Å². The number of unbranched alkanes of at least 4 members (excludes halogenated alkanes) is 1. The number of hydrogen-bond donors (Lipinski definition) is 1. The van der Waals surface area contributed by atoms with Gasteiger partial charge in [0.2, 0.25) is 17.8 Å². The number of hydrogen-bond acceptors (Lipinski definition) is 7. The molecule has 2 aromatic rings. The molecule has 0 aromatic heterocycles. The van der Waals surface area contributed by atoms with E-state index in [0.717, 1.165) is 24.1 Å². The molecule has 1 atom stereocenters. The number of carbonyl (C=O) groups is 3. The van der Waals surface area contributed by atoms with E-state index in [0.29, 0.717) is 49.9 Å². The Morgan fingerprint density at radius 3 is 2.69 bits per heavy atom. The van der Waals surface area contributed by atoms with Crippen LogP contribution >= 0.6 is 0 Å². The Balaban J connectivity index is 1.37. The van der Waals surface area contributed by atoms with Crippen LogP contribution in [0.25, 0.3) is 0 Å². The summed E-state index contributed by atoms with van der Waals surface area (Å²) in [4.78, 5) is 45.5.